The summed E-state index contributed by atoms with van der Waals surface area (Å²) in [6.07, 6.45) is 7.22. The number of pyridine rings is 2. The number of nitrogens with one attached hydrogen (secondary N) is 2. The maximum absolute atomic E-state index is 6.08. The first-order chi connectivity index (χ1) is 11.8. The average Bonchev–Trinajstić information content (AvgIpc) is 2.99. The van der Waals surface area contributed by atoms with Crippen LogP contribution in [0.25, 0.3) is 22.2 Å². The van der Waals surface area contributed by atoms with E-state index in [0.29, 0.717) is 6.54 Å². The first-order valence-corrected chi connectivity index (χ1v) is 8.03. The number of halogens is 1. The van der Waals surface area contributed by atoms with Crippen LogP contribution in [0.4, 0.5) is 5.69 Å². The lowest BCUT2D eigenvalue weighted by Gasteiger charge is -2.09. The molecule has 0 saturated carbocycles. The van der Waals surface area contributed by atoms with E-state index in [9.17, 15) is 0 Å². The van der Waals surface area contributed by atoms with E-state index in [2.05, 4.69) is 26.3 Å². The van der Waals surface area contributed by atoms with Crippen LogP contribution < -0.4 is 5.32 Å². The van der Waals surface area contributed by atoms with E-state index in [1.165, 1.54) is 0 Å². The zero-order valence-electron chi connectivity index (χ0n) is 12.8. The van der Waals surface area contributed by atoms with Crippen LogP contribution in [0.1, 0.15) is 5.56 Å². The van der Waals surface area contributed by atoms with E-state index in [-0.39, 0.29) is 0 Å². The number of rotatable bonds is 4. The van der Waals surface area contributed by atoms with E-state index >= 15 is 0 Å². The summed E-state index contributed by atoms with van der Waals surface area (Å²) < 4.78 is 0. The van der Waals surface area contributed by atoms with Crippen LogP contribution in [-0.4, -0.2) is 15.0 Å². The van der Waals surface area contributed by atoms with E-state index in [4.69, 9.17) is 11.6 Å². The molecule has 3 aromatic heterocycles. The first kappa shape index (κ1) is 14.7. The molecule has 24 heavy (non-hydrogen) atoms. The van der Waals surface area contributed by atoms with Gasteiger partial charge in [-0.1, -0.05) is 23.7 Å². The summed E-state index contributed by atoms with van der Waals surface area (Å²) >= 11 is 6.08. The molecular weight excluding hydrogens is 320 g/mol. The number of anilines is 1. The Morgan fingerprint density at radius 3 is 2.67 bits per heavy atom. The van der Waals surface area contributed by atoms with Gasteiger partial charge in [-0.05, 0) is 35.9 Å². The summed E-state index contributed by atoms with van der Waals surface area (Å²) in [7, 11) is 0. The zero-order chi connectivity index (χ0) is 16.4. The molecule has 1 aromatic carbocycles. The fourth-order valence-electron chi connectivity index (χ4n) is 2.80. The summed E-state index contributed by atoms with van der Waals surface area (Å²) in [6, 6.07) is 13.9. The van der Waals surface area contributed by atoms with Crippen LogP contribution in [0.5, 0.6) is 0 Å². The highest BCUT2D eigenvalue weighted by molar-refractivity contribution is 6.30. The molecule has 4 nitrogen and oxygen atoms in total. The maximum atomic E-state index is 6.08. The van der Waals surface area contributed by atoms with Gasteiger partial charge in [0.15, 0.2) is 0 Å². The average molecular weight is 335 g/mol. The molecule has 0 bridgehead atoms. The van der Waals surface area contributed by atoms with Crippen molar-refractivity contribution in [3.63, 3.8) is 0 Å². The SMILES string of the molecule is Clc1cccc(CNc2c(-c3ccncc3)[nH]c3cnccc23)c1. The molecule has 0 amide bonds. The second kappa shape index (κ2) is 6.34. The van der Waals surface area contributed by atoms with Crippen LogP contribution in [0, 0.1) is 0 Å². The smallest absolute Gasteiger partial charge is 0.0702 e. The minimum absolute atomic E-state index is 0.688. The summed E-state index contributed by atoms with van der Waals surface area (Å²) in [5.41, 5.74) is 5.29. The number of H-pyrrole nitrogens is 1. The van der Waals surface area contributed by atoms with Gasteiger partial charge in [-0.25, -0.2) is 0 Å². The molecule has 0 aliphatic rings. The van der Waals surface area contributed by atoms with Gasteiger partial charge in [0.2, 0.25) is 0 Å². The van der Waals surface area contributed by atoms with Gasteiger partial charge < -0.3 is 10.3 Å². The Morgan fingerprint density at radius 2 is 1.83 bits per heavy atom. The summed E-state index contributed by atoms with van der Waals surface area (Å²) in [4.78, 5) is 11.7. The topological polar surface area (TPSA) is 53.6 Å². The molecule has 0 aliphatic heterocycles. The van der Waals surface area contributed by atoms with Gasteiger partial charge in [-0.15, -0.1) is 0 Å². The van der Waals surface area contributed by atoms with E-state index in [1.807, 2.05) is 42.6 Å². The Balaban J connectivity index is 1.75. The lowest BCUT2D eigenvalue weighted by molar-refractivity contribution is 1.15. The number of benzene rings is 1. The molecular formula is C19H15ClN4. The highest BCUT2D eigenvalue weighted by atomic mass is 35.5. The molecule has 0 spiro atoms. The second-order valence-corrected chi connectivity index (χ2v) is 5.95. The van der Waals surface area contributed by atoms with Gasteiger partial charge in [0.25, 0.3) is 0 Å². The number of nitrogens with zero attached hydrogens (tertiary/aromatic N) is 2. The summed E-state index contributed by atoms with van der Waals surface area (Å²) in [6.45, 7) is 0.688. The largest absolute Gasteiger partial charge is 0.379 e. The van der Waals surface area contributed by atoms with Crippen molar-refractivity contribution in [1.29, 1.82) is 0 Å². The molecule has 2 N–H and O–H groups in total. The van der Waals surface area contributed by atoms with Crippen molar-refractivity contribution in [3.8, 4) is 11.3 Å². The van der Waals surface area contributed by atoms with Crippen LogP contribution >= 0.6 is 11.6 Å². The van der Waals surface area contributed by atoms with E-state index < -0.39 is 0 Å². The Bertz CT molecular complexity index is 979. The van der Waals surface area contributed by atoms with Gasteiger partial charge >= 0.3 is 0 Å². The second-order valence-electron chi connectivity index (χ2n) is 5.52. The van der Waals surface area contributed by atoms with Crippen molar-refractivity contribution in [3.05, 3.63) is 77.8 Å². The highest BCUT2D eigenvalue weighted by Crippen LogP contribution is 2.34. The molecule has 0 atom stereocenters. The van der Waals surface area contributed by atoms with Gasteiger partial charge in [-0.3, -0.25) is 9.97 Å². The quantitative estimate of drug-likeness (QED) is 0.558. The van der Waals surface area contributed by atoms with Crippen LogP contribution in [0.3, 0.4) is 0 Å². The third-order valence-electron chi connectivity index (χ3n) is 3.93. The van der Waals surface area contributed by atoms with E-state index in [0.717, 1.165) is 38.4 Å². The number of fused-ring (bicyclic) bond motifs is 1. The third kappa shape index (κ3) is 2.84. The number of aromatic amines is 1. The molecule has 0 saturated heterocycles. The fourth-order valence-corrected chi connectivity index (χ4v) is 3.01. The van der Waals surface area contributed by atoms with Crippen molar-refractivity contribution < 1.29 is 0 Å². The van der Waals surface area contributed by atoms with Crippen molar-refractivity contribution in [2.75, 3.05) is 5.32 Å². The van der Waals surface area contributed by atoms with Gasteiger partial charge in [0.1, 0.15) is 0 Å². The monoisotopic (exact) mass is 334 g/mol. The Morgan fingerprint density at radius 1 is 1.00 bits per heavy atom. The lowest BCUT2D eigenvalue weighted by atomic mass is 10.1. The maximum Gasteiger partial charge on any atom is 0.0702 e. The highest BCUT2D eigenvalue weighted by Gasteiger charge is 2.13. The molecule has 3 heterocycles. The molecule has 0 aliphatic carbocycles. The molecule has 0 radical (unpaired) electrons. The van der Waals surface area contributed by atoms with Crippen molar-refractivity contribution in [2.24, 2.45) is 0 Å². The van der Waals surface area contributed by atoms with Crippen molar-refractivity contribution in [1.82, 2.24) is 15.0 Å². The number of hydrogen-bond donors (Lipinski definition) is 2. The number of hydrogen-bond acceptors (Lipinski definition) is 3. The predicted molar refractivity (Wildman–Crippen MR) is 98.1 cm³/mol. The first-order valence-electron chi connectivity index (χ1n) is 7.65. The van der Waals surface area contributed by atoms with Gasteiger partial charge in [0, 0.05) is 41.1 Å². The Labute approximate surface area is 144 Å². The molecule has 118 valence electrons. The molecule has 0 unspecified atom stereocenters. The third-order valence-corrected chi connectivity index (χ3v) is 4.16. The lowest BCUT2D eigenvalue weighted by Crippen LogP contribution is -2.00. The Hall–Kier alpha value is -2.85. The van der Waals surface area contributed by atoms with Crippen LogP contribution in [0.2, 0.25) is 5.02 Å². The molecule has 5 heteroatoms. The van der Waals surface area contributed by atoms with Crippen molar-refractivity contribution in [2.45, 2.75) is 6.54 Å². The number of aromatic nitrogens is 3. The Kier molecular flexibility index (Phi) is 3.89. The normalized spacial score (nSPS) is 10.9. The van der Waals surface area contributed by atoms with Crippen LogP contribution in [-0.2, 0) is 6.54 Å². The standard InChI is InChI=1S/C19H15ClN4/c20-15-3-1-2-13(10-15)11-23-19-16-6-9-22-12-17(16)24-18(19)14-4-7-21-8-5-14/h1-10,12,23-24H,11H2. The summed E-state index contributed by atoms with van der Waals surface area (Å²) in [5, 5.41) is 5.39. The van der Waals surface area contributed by atoms with Gasteiger partial charge in [-0.2, -0.15) is 0 Å². The fraction of sp³-hybridized carbons (Fsp3) is 0.0526. The van der Waals surface area contributed by atoms with Gasteiger partial charge in [0.05, 0.1) is 23.1 Å². The minimum atomic E-state index is 0.688. The molecule has 4 aromatic rings. The van der Waals surface area contributed by atoms with Crippen LogP contribution in [0.15, 0.2) is 67.3 Å². The van der Waals surface area contributed by atoms with Crippen molar-refractivity contribution >= 4 is 28.2 Å². The minimum Gasteiger partial charge on any atom is -0.379 e. The molecule has 0 fully saturated rings. The zero-order valence-corrected chi connectivity index (χ0v) is 13.6. The molecule has 4 rings (SSSR count). The predicted octanol–water partition coefficient (Wildman–Crippen LogP) is 4.89. The summed E-state index contributed by atoms with van der Waals surface area (Å²) in [5.74, 6) is 0. The van der Waals surface area contributed by atoms with E-state index in [1.54, 1.807) is 18.6 Å².